The van der Waals surface area contributed by atoms with Crippen LogP contribution in [0.15, 0.2) is 24.5 Å². The van der Waals surface area contributed by atoms with Gasteiger partial charge in [-0.2, -0.15) is 0 Å². The minimum atomic E-state index is -3.88. The number of sulfone groups is 1. The number of hydrogen-bond donors (Lipinski definition) is 3. The third-order valence-corrected chi connectivity index (χ3v) is 7.59. The fraction of sp³-hybridized carbons (Fsp3) is 0.667. The molecule has 0 bridgehead atoms. The van der Waals surface area contributed by atoms with Crippen LogP contribution in [-0.2, 0) is 25.8 Å². The van der Waals surface area contributed by atoms with Gasteiger partial charge in [-0.15, -0.1) is 0 Å². The van der Waals surface area contributed by atoms with E-state index in [1.54, 1.807) is 18.5 Å². The molecule has 8 nitrogen and oxygen atoms in total. The predicted octanol–water partition coefficient (Wildman–Crippen LogP) is 2.20. The molecule has 0 aliphatic heterocycles. The monoisotopic (exact) mass is 441 g/mol. The fourth-order valence-corrected chi connectivity index (χ4v) is 6.15. The van der Waals surface area contributed by atoms with E-state index in [1.807, 2.05) is 39.2 Å². The van der Waals surface area contributed by atoms with E-state index in [0.29, 0.717) is 6.42 Å². The highest BCUT2D eigenvalue weighted by Gasteiger charge is 2.55. The number of hydrazine groups is 1. The standard InChI is InChI=1S/C21H35N3O5S/c1-14(2)11-17(19(25)24-22)18(20(26)27)21(12-15(3)4,30(5,28)29)9-8-16-7-6-10-23-13-16/h6-7,10,13-15,17-18H,8-9,11-12,22H2,1-5H3,(H,24,25)(H,26,27)/t17-,18+,21?/m1/s1. The number of carbonyl (C=O) groups excluding carboxylic acids is 1. The molecule has 1 aromatic rings. The van der Waals surface area contributed by atoms with Crippen molar-refractivity contribution in [3.8, 4) is 0 Å². The molecule has 30 heavy (non-hydrogen) atoms. The summed E-state index contributed by atoms with van der Waals surface area (Å²) >= 11 is 0. The molecule has 170 valence electrons. The van der Waals surface area contributed by atoms with Gasteiger partial charge in [0.05, 0.1) is 16.6 Å². The SMILES string of the molecule is CC(C)C[C@@H](C(=O)NN)[C@@H](C(=O)O)C(CCc1cccnc1)(CC(C)C)S(C)(=O)=O. The normalized spacial score (nSPS) is 16.1. The van der Waals surface area contributed by atoms with Crippen molar-refractivity contribution < 1.29 is 23.1 Å². The Bertz CT molecular complexity index is 811. The van der Waals surface area contributed by atoms with Gasteiger partial charge in [0.1, 0.15) is 0 Å². The number of carboxylic acids is 1. The Labute approximate surface area is 179 Å². The van der Waals surface area contributed by atoms with Crippen molar-refractivity contribution in [3.63, 3.8) is 0 Å². The average molecular weight is 442 g/mol. The van der Waals surface area contributed by atoms with Crippen LogP contribution in [0, 0.1) is 23.7 Å². The molecular weight excluding hydrogens is 406 g/mol. The smallest absolute Gasteiger partial charge is 0.308 e. The van der Waals surface area contributed by atoms with Crippen LogP contribution in [0.3, 0.4) is 0 Å². The lowest BCUT2D eigenvalue weighted by Gasteiger charge is -2.42. The van der Waals surface area contributed by atoms with E-state index in [1.165, 1.54) is 0 Å². The summed E-state index contributed by atoms with van der Waals surface area (Å²) in [4.78, 5) is 29.2. The number of nitrogens with zero attached hydrogens (tertiary/aromatic N) is 1. The molecule has 0 aromatic carbocycles. The van der Waals surface area contributed by atoms with Crippen LogP contribution in [0.2, 0.25) is 0 Å². The molecule has 0 radical (unpaired) electrons. The Morgan fingerprint density at radius 3 is 2.27 bits per heavy atom. The second-order valence-corrected chi connectivity index (χ2v) is 11.2. The van der Waals surface area contributed by atoms with Crippen LogP contribution in [-0.4, -0.2) is 41.4 Å². The molecule has 0 fully saturated rings. The maximum absolute atomic E-state index is 13.2. The number of hydrogen-bond acceptors (Lipinski definition) is 6. The molecule has 1 heterocycles. The molecule has 1 aromatic heterocycles. The van der Waals surface area contributed by atoms with Crippen LogP contribution in [0.1, 0.15) is 52.5 Å². The van der Waals surface area contributed by atoms with E-state index in [2.05, 4.69) is 4.98 Å². The summed E-state index contributed by atoms with van der Waals surface area (Å²) < 4.78 is 24.8. The van der Waals surface area contributed by atoms with Gasteiger partial charge in [0.15, 0.2) is 9.84 Å². The first-order valence-electron chi connectivity index (χ1n) is 10.2. The molecule has 3 atom stereocenters. The average Bonchev–Trinajstić information content (AvgIpc) is 2.63. The number of nitrogens with two attached hydrogens (primary N) is 1. The molecule has 0 aliphatic rings. The Morgan fingerprint density at radius 2 is 1.87 bits per heavy atom. The molecule has 1 unspecified atom stereocenters. The van der Waals surface area contributed by atoms with Crippen LogP contribution >= 0.6 is 0 Å². The summed E-state index contributed by atoms with van der Waals surface area (Å²) in [6.45, 7) is 7.42. The van der Waals surface area contributed by atoms with Gasteiger partial charge in [-0.05, 0) is 49.1 Å². The van der Waals surface area contributed by atoms with Gasteiger partial charge in [0, 0.05) is 18.6 Å². The second kappa shape index (κ2) is 10.9. The highest BCUT2D eigenvalue weighted by Crippen LogP contribution is 2.43. The van der Waals surface area contributed by atoms with Crippen molar-refractivity contribution in [2.75, 3.05) is 6.26 Å². The van der Waals surface area contributed by atoms with Gasteiger partial charge in [-0.3, -0.25) is 20.0 Å². The molecule has 0 aliphatic carbocycles. The number of carbonyl (C=O) groups is 2. The minimum absolute atomic E-state index is 0.0243. The third-order valence-electron chi connectivity index (χ3n) is 5.49. The molecular formula is C21H35N3O5S. The van der Waals surface area contributed by atoms with Crippen LogP contribution < -0.4 is 11.3 Å². The molecule has 4 N–H and O–H groups in total. The Morgan fingerprint density at radius 1 is 1.23 bits per heavy atom. The highest BCUT2D eigenvalue weighted by molar-refractivity contribution is 7.92. The minimum Gasteiger partial charge on any atom is -0.481 e. The Balaban J connectivity index is 3.65. The summed E-state index contributed by atoms with van der Waals surface area (Å²) in [5.41, 5.74) is 2.86. The Hall–Kier alpha value is -2.00. The maximum Gasteiger partial charge on any atom is 0.308 e. The lowest BCUT2D eigenvalue weighted by atomic mass is 9.71. The van der Waals surface area contributed by atoms with Gasteiger partial charge in [0.25, 0.3) is 0 Å². The van der Waals surface area contributed by atoms with Crippen LogP contribution in [0.5, 0.6) is 0 Å². The Kier molecular flexibility index (Phi) is 9.42. The number of amides is 1. The molecule has 9 heteroatoms. The molecule has 0 spiro atoms. The first kappa shape index (κ1) is 26.0. The maximum atomic E-state index is 13.2. The predicted molar refractivity (Wildman–Crippen MR) is 116 cm³/mol. The van der Waals surface area contributed by atoms with Gasteiger partial charge in [0.2, 0.25) is 5.91 Å². The zero-order valence-electron chi connectivity index (χ0n) is 18.5. The summed E-state index contributed by atoms with van der Waals surface area (Å²) in [5.74, 6) is 0.761. The van der Waals surface area contributed by atoms with E-state index < -0.39 is 38.3 Å². The molecule has 0 saturated heterocycles. The topological polar surface area (TPSA) is 139 Å². The largest absolute Gasteiger partial charge is 0.481 e. The number of aryl methyl sites for hydroxylation is 1. The second-order valence-electron chi connectivity index (χ2n) is 8.86. The van der Waals surface area contributed by atoms with Crippen LogP contribution in [0.25, 0.3) is 0 Å². The van der Waals surface area contributed by atoms with Crippen molar-refractivity contribution in [2.24, 2.45) is 29.5 Å². The van der Waals surface area contributed by atoms with Gasteiger partial charge in [-0.1, -0.05) is 33.8 Å². The van der Waals surface area contributed by atoms with E-state index in [0.717, 1.165) is 11.8 Å². The van der Waals surface area contributed by atoms with Crippen LogP contribution in [0.4, 0.5) is 0 Å². The number of aromatic nitrogens is 1. The van der Waals surface area contributed by atoms with E-state index >= 15 is 0 Å². The first-order valence-corrected chi connectivity index (χ1v) is 12.1. The zero-order chi connectivity index (χ0) is 23.1. The molecule has 1 amide bonds. The summed E-state index contributed by atoms with van der Waals surface area (Å²) in [6.07, 6.45) is 5.05. The number of pyridine rings is 1. The van der Waals surface area contributed by atoms with Crippen molar-refractivity contribution in [1.82, 2.24) is 10.4 Å². The van der Waals surface area contributed by atoms with E-state index in [9.17, 15) is 23.1 Å². The summed E-state index contributed by atoms with van der Waals surface area (Å²) in [7, 11) is -3.88. The van der Waals surface area contributed by atoms with Crippen molar-refractivity contribution in [3.05, 3.63) is 30.1 Å². The first-order chi connectivity index (χ1) is 13.9. The number of nitrogens with one attached hydrogen (secondary N) is 1. The van der Waals surface area contributed by atoms with Crippen molar-refractivity contribution in [2.45, 2.75) is 58.1 Å². The van der Waals surface area contributed by atoms with E-state index in [4.69, 9.17) is 5.84 Å². The fourth-order valence-electron chi connectivity index (χ4n) is 4.32. The quantitative estimate of drug-likeness (QED) is 0.257. The summed E-state index contributed by atoms with van der Waals surface area (Å²) in [5, 5.41) is 10.2. The van der Waals surface area contributed by atoms with Crippen molar-refractivity contribution >= 4 is 21.7 Å². The van der Waals surface area contributed by atoms with Gasteiger partial charge in [-0.25, -0.2) is 14.3 Å². The zero-order valence-corrected chi connectivity index (χ0v) is 19.3. The number of rotatable bonds is 12. The number of carboxylic acid groups (broad SMARTS) is 1. The lowest BCUT2D eigenvalue weighted by Crippen LogP contribution is -2.56. The van der Waals surface area contributed by atoms with E-state index in [-0.39, 0.29) is 31.1 Å². The van der Waals surface area contributed by atoms with Gasteiger partial charge < -0.3 is 5.11 Å². The molecule has 1 rings (SSSR count). The summed E-state index contributed by atoms with van der Waals surface area (Å²) in [6, 6.07) is 3.57. The molecule has 0 saturated carbocycles. The van der Waals surface area contributed by atoms with Gasteiger partial charge >= 0.3 is 5.97 Å². The third kappa shape index (κ3) is 6.50. The highest BCUT2D eigenvalue weighted by atomic mass is 32.2. The van der Waals surface area contributed by atoms with Crippen molar-refractivity contribution in [1.29, 1.82) is 0 Å². The lowest BCUT2D eigenvalue weighted by molar-refractivity contribution is -0.150. The number of aliphatic carboxylic acids is 1.